The highest BCUT2D eigenvalue weighted by atomic mass is 16.8. The summed E-state index contributed by atoms with van der Waals surface area (Å²) in [6.07, 6.45) is -32.4. The van der Waals surface area contributed by atoms with Crippen LogP contribution < -0.4 is 0 Å². The van der Waals surface area contributed by atoms with Gasteiger partial charge in [0, 0.05) is 0 Å². The smallest absolute Gasteiger partial charge is 0.187 e. The van der Waals surface area contributed by atoms with E-state index in [1.54, 1.807) is 0 Å². The lowest BCUT2D eigenvalue weighted by molar-refractivity contribution is -0.401. The van der Waals surface area contributed by atoms with Gasteiger partial charge in [-0.05, 0) is 13.8 Å². The summed E-state index contributed by atoms with van der Waals surface area (Å²) in [6.45, 7) is 0.444. The van der Waals surface area contributed by atoms with Gasteiger partial charge in [0.05, 0.1) is 32.0 Å². The first-order valence-corrected chi connectivity index (χ1v) is 14.3. The number of ether oxygens (including phenoxy) is 7. The van der Waals surface area contributed by atoms with E-state index >= 15 is 0 Å². The van der Waals surface area contributed by atoms with Crippen LogP contribution in [0.3, 0.4) is 0 Å². The Labute approximate surface area is 251 Å². The van der Waals surface area contributed by atoms with Crippen LogP contribution >= 0.6 is 0 Å². The Hall–Kier alpha value is -0.760. The van der Waals surface area contributed by atoms with Gasteiger partial charge in [-0.1, -0.05) is 0 Å². The van der Waals surface area contributed by atoms with Crippen molar-refractivity contribution in [2.45, 2.75) is 136 Å². The van der Waals surface area contributed by atoms with Crippen molar-refractivity contribution in [3.05, 3.63) is 0 Å². The summed E-state index contributed by atoms with van der Waals surface area (Å²) in [4.78, 5) is 0. The minimum Gasteiger partial charge on any atom is -0.394 e. The van der Waals surface area contributed by atoms with E-state index in [1.165, 1.54) is 13.8 Å². The highest BCUT2D eigenvalue weighted by Crippen LogP contribution is 2.35. The van der Waals surface area contributed by atoms with Gasteiger partial charge in [0.1, 0.15) is 91.6 Å². The molecule has 0 aromatic heterocycles. The summed E-state index contributed by atoms with van der Waals surface area (Å²) in [6, 6.07) is 0. The maximum absolute atomic E-state index is 11.2. The molecular formula is C25H44O19. The third kappa shape index (κ3) is 7.06. The first kappa shape index (κ1) is 36.1. The van der Waals surface area contributed by atoms with Crippen molar-refractivity contribution in [3.8, 4) is 0 Å². The van der Waals surface area contributed by atoms with Crippen LogP contribution in [0.2, 0.25) is 0 Å². The van der Waals surface area contributed by atoms with Crippen molar-refractivity contribution in [3.63, 3.8) is 0 Å². The molecule has 0 amide bonds. The van der Waals surface area contributed by atoms with E-state index < -0.39 is 142 Å². The van der Waals surface area contributed by atoms with Gasteiger partial charge in [0.2, 0.25) is 0 Å². The summed E-state index contributed by atoms with van der Waals surface area (Å²) >= 11 is 0. The predicted molar refractivity (Wildman–Crippen MR) is 136 cm³/mol. The van der Waals surface area contributed by atoms with Gasteiger partial charge < -0.3 is 94.4 Å². The van der Waals surface area contributed by atoms with Gasteiger partial charge in [-0.3, -0.25) is 0 Å². The molecule has 4 saturated heterocycles. The third-order valence-corrected chi connectivity index (χ3v) is 8.43. The average molecular weight is 649 g/mol. The molecule has 12 N–H and O–H groups in total. The molecule has 0 radical (unpaired) electrons. The molecule has 4 aliphatic rings. The number of hydrogen-bond acceptors (Lipinski definition) is 19. The molecule has 9 unspecified atom stereocenters. The highest BCUT2D eigenvalue weighted by molar-refractivity contribution is 4.98. The van der Waals surface area contributed by atoms with Crippen LogP contribution in [0.4, 0.5) is 0 Å². The standard InChI is InChI=1S/C25H44O19/c1-6-12(30)17(35)20(10(5-28)38-6)42-25-22(44-23-18(36)15(33)11(29)7(2)39-23)21(14(32)9(4-27)41-25)43-24-19(37)16(34)13(31)8(3-26)40-24/h6-37H,3-5H2,1-2H3/t6?,7?,8?,9?,10?,11-,12?,13+,14+,15+,16+,17-,18?,19?,20-,21+,22?,23+,24-,25+/m1/s1. The molecule has 0 bridgehead atoms. The Morgan fingerprint density at radius 3 is 1.41 bits per heavy atom. The summed E-state index contributed by atoms with van der Waals surface area (Å²) in [5, 5.41) is 124. The summed E-state index contributed by atoms with van der Waals surface area (Å²) in [5.74, 6) is 0. The predicted octanol–water partition coefficient (Wildman–Crippen LogP) is -7.65. The molecular weight excluding hydrogens is 604 g/mol. The SMILES string of the molecule is CC1OC(CO)[C@@H](O[C@@H]2OC(CO)[C@H](O)[C@H](O[C@H]3OC(CO)[C@H](O)[C@H](O)C3O)C2O[C@@H]2OC(C)[C@@H](O)[C@H](O)C2O)[C@H](O)C1O. The average Bonchev–Trinajstić information content (AvgIpc) is 3.01. The minimum atomic E-state index is -1.95. The molecule has 44 heavy (non-hydrogen) atoms. The summed E-state index contributed by atoms with van der Waals surface area (Å²) in [5.41, 5.74) is 0. The molecule has 0 aromatic rings. The molecule has 4 rings (SSSR count). The Morgan fingerprint density at radius 2 is 0.818 bits per heavy atom. The second-order valence-corrected chi connectivity index (χ2v) is 11.4. The molecule has 4 aliphatic heterocycles. The summed E-state index contributed by atoms with van der Waals surface area (Å²) in [7, 11) is 0. The fourth-order valence-electron chi connectivity index (χ4n) is 5.66. The molecule has 20 atom stereocenters. The molecule has 258 valence electrons. The van der Waals surface area contributed by atoms with Crippen LogP contribution in [0.5, 0.6) is 0 Å². The largest absolute Gasteiger partial charge is 0.394 e. The number of rotatable bonds is 9. The van der Waals surface area contributed by atoms with Crippen molar-refractivity contribution in [2.24, 2.45) is 0 Å². The van der Waals surface area contributed by atoms with E-state index in [1.807, 2.05) is 0 Å². The van der Waals surface area contributed by atoms with Crippen LogP contribution in [0.25, 0.3) is 0 Å². The van der Waals surface area contributed by atoms with Crippen LogP contribution in [-0.4, -0.2) is 204 Å². The van der Waals surface area contributed by atoms with Gasteiger partial charge in [-0.25, -0.2) is 0 Å². The minimum absolute atomic E-state index is 0.695. The Balaban J connectivity index is 1.69. The normalized spacial score (nSPS) is 53.9. The summed E-state index contributed by atoms with van der Waals surface area (Å²) < 4.78 is 39.7. The number of aliphatic hydroxyl groups excluding tert-OH is 12. The zero-order valence-electron chi connectivity index (χ0n) is 23.9. The number of aliphatic hydroxyl groups is 12. The quantitative estimate of drug-likeness (QED) is 0.110. The molecule has 4 fully saturated rings. The number of hydrogen-bond donors (Lipinski definition) is 12. The Bertz CT molecular complexity index is 898. The van der Waals surface area contributed by atoms with Crippen LogP contribution in [0, 0.1) is 0 Å². The fraction of sp³-hybridized carbons (Fsp3) is 1.00. The van der Waals surface area contributed by atoms with Crippen molar-refractivity contribution in [1.82, 2.24) is 0 Å². The molecule has 19 heteroatoms. The molecule has 0 saturated carbocycles. The van der Waals surface area contributed by atoms with Crippen molar-refractivity contribution in [2.75, 3.05) is 19.8 Å². The second-order valence-electron chi connectivity index (χ2n) is 11.4. The second kappa shape index (κ2) is 15.0. The van der Waals surface area contributed by atoms with Gasteiger partial charge in [-0.2, -0.15) is 0 Å². The van der Waals surface area contributed by atoms with E-state index in [2.05, 4.69) is 0 Å². The van der Waals surface area contributed by atoms with Crippen molar-refractivity contribution in [1.29, 1.82) is 0 Å². The van der Waals surface area contributed by atoms with E-state index in [4.69, 9.17) is 33.2 Å². The van der Waals surface area contributed by atoms with E-state index in [9.17, 15) is 61.3 Å². The third-order valence-electron chi connectivity index (χ3n) is 8.43. The highest BCUT2D eigenvalue weighted by Gasteiger charge is 2.56. The maximum atomic E-state index is 11.2. The molecule has 0 aliphatic carbocycles. The maximum Gasteiger partial charge on any atom is 0.187 e. The first-order valence-electron chi connectivity index (χ1n) is 14.3. The first-order chi connectivity index (χ1) is 20.7. The van der Waals surface area contributed by atoms with E-state index in [0.717, 1.165) is 0 Å². The van der Waals surface area contributed by atoms with Crippen LogP contribution in [-0.2, 0) is 33.2 Å². The Kier molecular flexibility index (Phi) is 12.3. The van der Waals surface area contributed by atoms with Gasteiger partial charge in [0.15, 0.2) is 18.9 Å². The Morgan fingerprint density at radius 1 is 0.386 bits per heavy atom. The zero-order chi connectivity index (χ0) is 32.6. The molecule has 0 aromatic carbocycles. The zero-order valence-corrected chi connectivity index (χ0v) is 23.9. The van der Waals surface area contributed by atoms with Crippen LogP contribution in [0.15, 0.2) is 0 Å². The van der Waals surface area contributed by atoms with Crippen LogP contribution in [0.1, 0.15) is 13.8 Å². The van der Waals surface area contributed by atoms with Crippen molar-refractivity contribution < 1.29 is 94.4 Å². The van der Waals surface area contributed by atoms with Gasteiger partial charge in [0.25, 0.3) is 0 Å². The molecule has 0 spiro atoms. The van der Waals surface area contributed by atoms with Gasteiger partial charge >= 0.3 is 0 Å². The molecule has 4 heterocycles. The lowest BCUT2D eigenvalue weighted by atomic mass is 9.94. The molecule has 19 nitrogen and oxygen atoms in total. The monoisotopic (exact) mass is 648 g/mol. The van der Waals surface area contributed by atoms with Crippen molar-refractivity contribution >= 4 is 0 Å². The van der Waals surface area contributed by atoms with E-state index in [0.29, 0.717) is 0 Å². The lowest BCUT2D eigenvalue weighted by Crippen LogP contribution is -2.68. The topological polar surface area (TPSA) is 307 Å². The lowest BCUT2D eigenvalue weighted by Gasteiger charge is -2.50. The van der Waals surface area contributed by atoms with Gasteiger partial charge in [-0.15, -0.1) is 0 Å². The fourth-order valence-corrected chi connectivity index (χ4v) is 5.66. The van der Waals surface area contributed by atoms with E-state index in [-0.39, 0.29) is 0 Å².